The van der Waals surface area contributed by atoms with Gasteiger partial charge in [-0.3, -0.25) is 9.59 Å². The molecule has 0 N–H and O–H groups in total. The lowest BCUT2D eigenvalue weighted by atomic mass is 9.31. The molecule has 0 amide bonds. The van der Waals surface area contributed by atoms with E-state index < -0.39 is 0 Å². The molecule has 2 bridgehead atoms. The van der Waals surface area contributed by atoms with Crippen molar-refractivity contribution in [1.82, 2.24) is 0 Å². The molecule has 6 rings (SSSR count). The first-order valence-electron chi connectivity index (χ1n) is 15.0. The Hall–Kier alpha value is -1.06. The number of esters is 2. The van der Waals surface area contributed by atoms with Gasteiger partial charge in [0.1, 0.15) is 12.2 Å². The van der Waals surface area contributed by atoms with Crippen LogP contribution in [0.5, 0.6) is 0 Å². The van der Waals surface area contributed by atoms with E-state index in [-0.39, 0.29) is 56.6 Å². The first-order valence-corrected chi connectivity index (χ1v) is 15.0. The Kier molecular flexibility index (Phi) is 5.13. The lowest BCUT2D eigenvalue weighted by Crippen LogP contribution is -2.68. The van der Waals surface area contributed by atoms with Gasteiger partial charge in [-0.2, -0.15) is 0 Å². The van der Waals surface area contributed by atoms with Crippen LogP contribution in [0.2, 0.25) is 0 Å². The topological polar surface area (TPSA) is 52.6 Å². The van der Waals surface area contributed by atoms with Crippen LogP contribution in [-0.2, 0) is 19.1 Å². The Morgan fingerprint density at radius 1 is 0.806 bits per heavy atom. The molecule has 1 aliphatic heterocycles. The molecule has 6 fully saturated rings. The average Bonchev–Trinajstić information content (AvgIpc) is 3.03. The fourth-order valence-electron chi connectivity index (χ4n) is 12.2. The van der Waals surface area contributed by atoms with Crippen molar-refractivity contribution in [3.05, 3.63) is 0 Å². The highest BCUT2D eigenvalue weighted by Crippen LogP contribution is 2.78. The van der Waals surface area contributed by atoms with Gasteiger partial charge in [0.2, 0.25) is 0 Å². The van der Waals surface area contributed by atoms with E-state index in [1.165, 1.54) is 32.1 Å². The minimum atomic E-state index is -0.210. The van der Waals surface area contributed by atoms with Crippen LogP contribution < -0.4 is 0 Å². The Bertz CT molecular complexity index is 983. The minimum Gasteiger partial charge on any atom is -0.462 e. The number of hydrogen-bond acceptors (Lipinski definition) is 4. The van der Waals surface area contributed by atoms with E-state index in [9.17, 15) is 9.59 Å². The van der Waals surface area contributed by atoms with Gasteiger partial charge in [0.05, 0.1) is 5.41 Å². The molecule has 1 heterocycles. The first-order chi connectivity index (χ1) is 16.6. The molecule has 0 radical (unpaired) electrons. The van der Waals surface area contributed by atoms with Gasteiger partial charge >= 0.3 is 11.9 Å². The van der Waals surface area contributed by atoms with Gasteiger partial charge in [-0.05, 0) is 98.2 Å². The van der Waals surface area contributed by atoms with E-state index in [4.69, 9.17) is 9.47 Å². The van der Waals surface area contributed by atoms with Gasteiger partial charge in [0, 0.05) is 23.7 Å². The molecular weight excluding hydrogens is 448 g/mol. The molecule has 5 saturated carbocycles. The summed E-state index contributed by atoms with van der Waals surface area (Å²) in [6, 6.07) is 0. The van der Waals surface area contributed by atoms with Crippen molar-refractivity contribution in [3.63, 3.8) is 0 Å². The van der Waals surface area contributed by atoms with E-state index in [0.717, 1.165) is 32.1 Å². The quantitative estimate of drug-likeness (QED) is 0.355. The van der Waals surface area contributed by atoms with E-state index in [0.29, 0.717) is 23.7 Å². The maximum atomic E-state index is 13.4. The van der Waals surface area contributed by atoms with Crippen molar-refractivity contribution in [3.8, 4) is 0 Å². The fraction of sp³-hybridized carbons (Fsp3) is 0.938. The second-order valence-corrected chi connectivity index (χ2v) is 16.1. The zero-order chi connectivity index (χ0) is 26.1. The maximum Gasteiger partial charge on any atom is 0.312 e. The van der Waals surface area contributed by atoms with Crippen molar-refractivity contribution in [2.24, 2.45) is 56.2 Å². The Balaban J connectivity index is 1.36. The monoisotopic (exact) mass is 498 g/mol. The highest BCUT2D eigenvalue weighted by molar-refractivity contribution is 5.81. The summed E-state index contributed by atoms with van der Waals surface area (Å²) in [6.45, 7) is 18.9. The van der Waals surface area contributed by atoms with Crippen LogP contribution >= 0.6 is 0 Å². The van der Waals surface area contributed by atoms with Gasteiger partial charge in [0.15, 0.2) is 0 Å². The molecule has 3 unspecified atom stereocenters. The van der Waals surface area contributed by atoms with Gasteiger partial charge in [0.25, 0.3) is 0 Å². The van der Waals surface area contributed by atoms with Gasteiger partial charge in [-0.1, -0.05) is 48.5 Å². The summed E-state index contributed by atoms with van der Waals surface area (Å²) in [5, 5.41) is 0. The highest BCUT2D eigenvalue weighted by atomic mass is 16.6. The summed E-state index contributed by atoms with van der Waals surface area (Å²) in [5.74, 6) is 2.23. The molecule has 1 saturated heterocycles. The normalized spacial score (nSPS) is 54.3. The predicted octanol–water partition coefficient (Wildman–Crippen LogP) is 7.34. The van der Waals surface area contributed by atoms with Crippen molar-refractivity contribution in [2.45, 2.75) is 132 Å². The third kappa shape index (κ3) is 2.83. The summed E-state index contributed by atoms with van der Waals surface area (Å²) in [7, 11) is 0. The maximum absolute atomic E-state index is 13.4. The van der Waals surface area contributed by atoms with Crippen LogP contribution in [0.1, 0.15) is 120 Å². The number of ether oxygens (including phenoxy) is 2. The Morgan fingerprint density at radius 2 is 1.50 bits per heavy atom. The molecule has 10 atom stereocenters. The van der Waals surface area contributed by atoms with E-state index in [2.05, 4.69) is 48.5 Å². The molecule has 4 heteroatoms. The molecule has 0 spiro atoms. The summed E-state index contributed by atoms with van der Waals surface area (Å²) in [5.41, 5.74) is 0.665. The van der Waals surface area contributed by atoms with E-state index in [1.54, 1.807) is 6.92 Å². The SMILES string of the molecule is CC(=O)O[C@H]1CC[C@@]2(C)C(CC[C@]3(C)C2CCC2[C@H]4[C@H]5OC(=O)[C@@]4(CCC5(C)C)CC[C@]23C)C1(C)C. The third-order valence-corrected chi connectivity index (χ3v) is 14.3. The Labute approximate surface area is 219 Å². The zero-order valence-corrected chi connectivity index (χ0v) is 24.2. The molecule has 5 aliphatic carbocycles. The lowest BCUT2D eigenvalue weighted by Gasteiger charge is -2.73. The van der Waals surface area contributed by atoms with Crippen molar-refractivity contribution >= 4 is 11.9 Å². The van der Waals surface area contributed by atoms with Gasteiger partial charge < -0.3 is 9.47 Å². The van der Waals surface area contributed by atoms with Crippen LogP contribution in [0.25, 0.3) is 0 Å². The molecule has 6 aliphatic rings. The standard InChI is InChI=1S/C32H50O4/c1-19(33)35-23-12-13-29(6)21(28(23,4)5)11-14-31(8)22(29)10-9-20-24-25-27(2,3)15-17-32(24,26(34)36-25)18-16-30(20,31)7/h20-25H,9-18H2,1-8H3/t20?,21?,22?,23-,24-,25+,29-,30+,31+,32-/m0/s1. The van der Waals surface area contributed by atoms with E-state index in [1.807, 2.05) is 0 Å². The van der Waals surface area contributed by atoms with Crippen molar-refractivity contribution in [2.75, 3.05) is 0 Å². The van der Waals surface area contributed by atoms with E-state index >= 15 is 0 Å². The third-order valence-electron chi connectivity index (χ3n) is 14.3. The summed E-state index contributed by atoms with van der Waals surface area (Å²) in [4.78, 5) is 25.3. The second kappa shape index (κ2) is 7.32. The second-order valence-electron chi connectivity index (χ2n) is 16.1. The summed E-state index contributed by atoms with van der Waals surface area (Å²) in [6.07, 6.45) is 11.6. The summed E-state index contributed by atoms with van der Waals surface area (Å²) < 4.78 is 12.2. The smallest absolute Gasteiger partial charge is 0.312 e. The average molecular weight is 499 g/mol. The fourth-order valence-corrected chi connectivity index (χ4v) is 12.2. The van der Waals surface area contributed by atoms with Crippen LogP contribution in [-0.4, -0.2) is 24.1 Å². The molecule has 0 aromatic heterocycles. The Morgan fingerprint density at radius 3 is 2.19 bits per heavy atom. The highest BCUT2D eigenvalue weighted by Gasteiger charge is 2.75. The largest absolute Gasteiger partial charge is 0.462 e. The number of rotatable bonds is 1. The molecule has 0 aromatic carbocycles. The predicted molar refractivity (Wildman–Crippen MR) is 140 cm³/mol. The van der Waals surface area contributed by atoms with Crippen LogP contribution in [0.3, 0.4) is 0 Å². The number of hydrogen-bond donors (Lipinski definition) is 0. The van der Waals surface area contributed by atoms with Gasteiger partial charge in [-0.25, -0.2) is 0 Å². The van der Waals surface area contributed by atoms with Crippen LogP contribution in [0.4, 0.5) is 0 Å². The number of fused-ring (bicyclic) bond motifs is 5. The molecule has 4 nitrogen and oxygen atoms in total. The molecule has 202 valence electrons. The first kappa shape index (κ1) is 25.2. The molecular formula is C32H50O4. The minimum absolute atomic E-state index is 0.00113. The molecule has 0 aromatic rings. The van der Waals surface area contributed by atoms with Crippen molar-refractivity contribution in [1.29, 1.82) is 0 Å². The van der Waals surface area contributed by atoms with Crippen molar-refractivity contribution < 1.29 is 19.1 Å². The number of carbonyl (C=O) groups is 2. The zero-order valence-electron chi connectivity index (χ0n) is 24.2. The lowest BCUT2D eigenvalue weighted by molar-refractivity contribution is -0.254. The summed E-state index contributed by atoms with van der Waals surface area (Å²) >= 11 is 0. The molecule has 36 heavy (non-hydrogen) atoms. The number of carbonyl (C=O) groups excluding carboxylic acids is 2. The van der Waals surface area contributed by atoms with Crippen LogP contribution in [0, 0.1) is 56.2 Å². The van der Waals surface area contributed by atoms with Crippen LogP contribution in [0.15, 0.2) is 0 Å². The van der Waals surface area contributed by atoms with Gasteiger partial charge in [-0.15, -0.1) is 0 Å².